The van der Waals surface area contributed by atoms with Crippen LogP contribution < -0.4 is 4.31 Å². The lowest BCUT2D eigenvalue weighted by Gasteiger charge is -2.33. The molecule has 4 rings (SSSR count). The molecule has 0 aromatic heterocycles. The topological polar surface area (TPSA) is 70.1 Å². The van der Waals surface area contributed by atoms with Crippen LogP contribution in [0.4, 0.5) is 5.69 Å². The van der Waals surface area contributed by atoms with Gasteiger partial charge in [0.05, 0.1) is 30.8 Å². The maximum Gasteiger partial charge on any atom is 0.232 e. The Labute approximate surface area is 185 Å². The van der Waals surface area contributed by atoms with Crippen LogP contribution in [0, 0.1) is 0 Å². The average molecular weight is 445 g/mol. The average Bonchev–Trinajstić information content (AvgIpc) is 2.78. The molecule has 1 N–H and O–H groups in total. The van der Waals surface area contributed by atoms with Gasteiger partial charge >= 0.3 is 0 Å². The maximum atomic E-state index is 12.0. The maximum absolute atomic E-state index is 12.0. The summed E-state index contributed by atoms with van der Waals surface area (Å²) in [6.45, 7) is 3.56. The van der Waals surface area contributed by atoms with Gasteiger partial charge in [-0.25, -0.2) is 8.42 Å². The van der Waals surface area contributed by atoms with E-state index in [0.717, 1.165) is 55.6 Å². The summed E-state index contributed by atoms with van der Waals surface area (Å²) in [5.74, 6) is 0. The Kier molecular flexibility index (Phi) is 6.96. The molecule has 0 saturated carbocycles. The van der Waals surface area contributed by atoms with Gasteiger partial charge in [-0.15, -0.1) is 0 Å². The van der Waals surface area contributed by atoms with E-state index in [1.807, 2.05) is 36.4 Å². The van der Waals surface area contributed by atoms with Gasteiger partial charge in [0.15, 0.2) is 0 Å². The number of nitrogens with zero attached hydrogens (tertiary/aromatic N) is 2. The fraction of sp³-hybridized carbons (Fsp3) is 0.500. The third-order valence-corrected chi connectivity index (χ3v) is 7.44. The SMILES string of the molecule is CS(=O)(=O)N1CCCc2cc([C@H](O)CN3CCC(OCc4ccccc4)CC3)ccc21. The minimum absolute atomic E-state index is 0.263. The second kappa shape index (κ2) is 9.69. The first kappa shape index (κ1) is 22.3. The number of anilines is 1. The molecule has 2 aromatic rings. The van der Waals surface area contributed by atoms with Crippen LogP contribution in [0.25, 0.3) is 0 Å². The summed E-state index contributed by atoms with van der Waals surface area (Å²) in [7, 11) is -3.27. The summed E-state index contributed by atoms with van der Waals surface area (Å²) in [5.41, 5.74) is 3.81. The molecule has 2 heterocycles. The zero-order valence-electron chi connectivity index (χ0n) is 18.1. The van der Waals surface area contributed by atoms with Crippen molar-refractivity contribution in [2.24, 2.45) is 0 Å². The van der Waals surface area contributed by atoms with E-state index in [1.54, 1.807) is 0 Å². The molecule has 168 valence electrons. The van der Waals surface area contributed by atoms with Gasteiger partial charge in [0.1, 0.15) is 0 Å². The van der Waals surface area contributed by atoms with Gasteiger partial charge in [0.25, 0.3) is 0 Å². The third-order valence-electron chi connectivity index (χ3n) is 6.26. The molecule has 1 atom stereocenters. The van der Waals surface area contributed by atoms with E-state index in [2.05, 4.69) is 17.0 Å². The van der Waals surface area contributed by atoms with E-state index in [4.69, 9.17) is 4.74 Å². The normalized spacial score (nSPS) is 19.2. The largest absolute Gasteiger partial charge is 0.387 e. The highest BCUT2D eigenvalue weighted by atomic mass is 32.2. The van der Waals surface area contributed by atoms with Gasteiger partial charge in [-0.05, 0) is 48.4 Å². The lowest BCUT2D eigenvalue weighted by molar-refractivity contribution is -0.0109. The fourth-order valence-corrected chi connectivity index (χ4v) is 5.53. The van der Waals surface area contributed by atoms with Crippen molar-refractivity contribution in [2.75, 3.05) is 36.7 Å². The molecule has 6 nitrogen and oxygen atoms in total. The second-order valence-electron chi connectivity index (χ2n) is 8.64. The van der Waals surface area contributed by atoms with E-state index < -0.39 is 16.1 Å². The number of aryl methyl sites for hydroxylation is 1. The van der Waals surface area contributed by atoms with Crippen LogP contribution in [-0.4, -0.2) is 57.0 Å². The second-order valence-corrected chi connectivity index (χ2v) is 10.5. The van der Waals surface area contributed by atoms with E-state index in [0.29, 0.717) is 19.7 Å². The standard InChI is InChI=1S/C24H32N2O4S/c1-31(28,29)26-13-5-8-20-16-21(9-10-23(20)26)24(27)17-25-14-11-22(12-15-25)30-18-19-6-3-2-4-7-19/h2-4,6-7,9-10,16,22,24,27H,5,8,11-15,17-18H2,1H3/t24-/m1/s1. The van der Waals surface area contributed by atoms with Crippen LogP contribution in [0.15, 0.2) is 48.5 Å². The minimum Gasteiger partial charge on any atom is -0.387 e. The van der Waals surface area contributed by atoms with Gasteiger partial charge in [0, 0.05) is 26.2 Å². The van der Waals surface area contributed by atoms with Crippen LogP contribution in [0.5, 0.6) is 0 Å². The number of likely N-dealkylation sites (tertiary alicyclic amines) is 1. The predicted molar refractivity (Wildman–Crippen MR) is 123 cm³/mol. The van der Waals surface area contributed by atoms with Crippen molar-refractivity contribution in [3.8, 4) is 0 Å². The molecule has 2 aliphatic heterocycles. The molecule has 7 heteroatoms. The Morgan fingerprint density at radius 3 is 2.55 bits per heavy atom. The van der Waals surface area contributed by atoms with E-state index in [1.165, 1.54) is 16.1 Å². The molecule has 0 spiro atoms. The van der Waals surface area contributed by atoms with Crippen molar-refractivity contribution in [3.05, 3.63) is 65.2 Å². The Bertz CT molecular complexity index is 972. The number of piperidine rings is 1. The highest BCUT2D eigenvalue weighted by Crippen LogP contribution is 2.31. The number of benzene rings is 2. The van der Waals surface area contributed by atoms with Crippen LogP contribution in [0.3, 0.4) is 0 Å². The Morgan fingerprint density at radius 1 is 1.10 bits per heavy atom. The zero-order chi connectivity index (χ0) is 21.8. The van der Waals surface area contributed by atoms with Gasteiger partial charge in [0.2, 0.25) is 10.0 Å². The first-order chi connectivity index (χ1) is 14.9. The molecule has 1 saturated heterocycles. The quantitative estimate of drug-likeness (QED) is 0.711. The van der Waals surface area contributed by atoms with Crippen molar-refractivity contribution in [1.82, 2.24) is 4.90 Å². The molecule has 0 radical (unpaired) electrons. The first-order valence-electron chi connectivity index (χ1n) is 11.1. The number of aliphatic hydroxyl groups is 1. The number of rotatable bonds is 7. The number of ether oxygens (including phenoxy) is 1. The number of β-amino-alcohol motifs (C(OH)–C–C–N with tert-alkyl or cyclic N) is 1. The molecular formula is C24H32N2O4S. The smallest absolute Gasteiger partial charge is 0.232 e. The summed E-state index contributed by atoms with van der Waals surface area (Å²) in [6.07, 6.45) is 4.50. The number of fused-ring (bicyclic) bond motifs is 1. The summed E-state index contributed by atoms with van der Waals surface area (Å²) in [5, 5.41) is 10.8. The van der Waals surface area contributed by atoms with E-state index in [-0.39, 0.29) is 6.10 Å². The lowest BCUT2D eigenvalue weighted by Crippen LogP contribution is -2.39. The van der Waals surface area contributed by atoms with Crippen molar-refractivity contribution >= 4 is 15.7 Å². The summed E-state index contributed by atoms with van der Waals surface area (Å²) in [6, 6.07) is 15.9. The molecule has 31 heavy (non-hydrogen) atoms. The summed E-state index contributed by atoms with van der Waals surface area (Å²) >= 11 is 0. The molecule has 2 aromatic carbocycles. The molecule has 0 amide bonds. The van der Waals surface area contributed by atoms with Gasteiger partial charge in [-0.1, -0.05) is 42.5 Å². The van der Waals surface area contributed by atoms with E-state index >= 15 is 0 Å². The summed E-state index contributed by atoms with van der Waals surface area (Å²) in [4.78, 5) is 2.29. The van der Waals surface area contributed by atoms with Gasteiger partial charge in [-0.2, -0.15) is 0 Å². The highest BCUT2D eigenvalue weighted by Gasteiger charge is 2.26. The van der Waals surface area contributed by atoms with Gasteiger partial charge < -0.3 is 14.7 Å². The Hall–Kier alpha value is -1.93. The van der Waals surface area contributed by atoms with Gasteiger partial charge in [-0.3, -0.25) is 4.31 Å². The number of hydrogen-bond acceptors (Lipinski definition) is 5. The Balaban J connectivity index is 1.30. The molecule has 1 fully saturated rings. The zero-order valence-corrected chi connectivity index (χ0v) is 18.9. The highest BCUT2D eigenvalue weighted by molar-refractivity contribution is 7.92. The fourth-order valence-electron chi connectivity index (χ4n) is 4.53. The number of sulfonamides is 1. The van der Waals surface area contributed by atoms with E-state index in [9.17, 15) is 13.5 Å². The molecule has 0 aliphatic carbocycles. The van der Waals surface area contributed by atoms with Crippen molar-refractivity contribution in [2.45, 2.75) is 44.5 Å². The molecule has 0 bridgehead atoms. The molecule has 0 unspecified atom stereocenters. The Morgan fingerprint density at radius 2 is 1.84 bits per heavy atom. The predicted octanol–water partition coefficient (Wildman–Crippen LogP) is 3.11. The lowest BCUT2D eigenvalue weighted by atomic mass is 9.98. The third kappa shape index (κ3) is 5.66. The monoisotopic (exact) mass is 444 g/mol. The van der Waals surface area contributed by atoms with Crippen LogP contribution >= 0.6 is 0 Å². The van der Waals surface area contributed by atoms with Crippen molar-refractivity contribution in [1.29, 1.82) is 0 Å². The number of aliphatic hydroxyl groups excluding tert-OH is 1. The number of hydrogen-bond donors (Lipinski definition) is 1. The van der Waals surface area contributed by atoms with Crippen LogP contribution in [-0.2, 0) is 27.8 Å². The first-order valence-corrected chi connectivity index (χ1v) is 12.9. The molecular weight excluding hydrogens is 412 g/mol. The molecule has 2 aliphatic rings. The van der Waals surface area contributed by atoms with Crippen molar-refractivity contribution < 1.29 is 18.3 Å². The van der Waals surface area contributed by atoms with Crippen LogP contribution in [0.1, 0.15) is 42.1 Å². The van der Waals surface area contributed by atoms with Crippen LogP contribution in [0.2, 0.25) is 0 Å². The summed E-state index contributed by atoms with van der Waals surface area (Å²) < 4.78 is 31.6. The van der Waals surface area contributed by atoms with Crippen molar-refractivity contribution in [3.63, 3.8) is 0 Å². The minimum atomic E-state index is -3.27.